The Hall–Kier alpha value is -1.95. The maximum absolute atomic E-state index is 5.59. The van der Waals surface area contributed by atoms with Gasteiger partial charge in [-0.15, -0.1) is 10.2 Å². The zero-order valence-electron chi connectivity index (χ0n) is 11.5. The molecule has 2 heterocycles. The van der Waals surface area contributed by atoms with E-state index in [1.165, 1.54) is 0 Å². The van der Waals surface area contributed by atoms with Crippen LogP contribution >= 0.6 is 0 Å². The van der Waals surface area contributed by atoms with Crippen molar-refractivity contribution in [3.8, 4) is 17.1 Å². The summed E-state index contributed by atoms with van der Waals surface area (Å²) in [6, 6.07) is 7.66. The Morgan fingerprint density at radius 2 is 2.40 bits per heavy atom. The van der Waals surface area contributed by atoms with E-state index in [4.69, 9.17) is 9.47 Å². The minimum absolute atomic E-state index is 0.348. The van der Waals surface area contributed by atoms with Crippen molar-refractivity contribution < 1.29 is 9.47 Å². The molecule has 1 saturated heterocycles. The van der Waals surface area contributed by atoms with Crippen LogP contribution in [0.25, 0.3) is 11.4 Å². The lowest BCUT2D eigenvalue weighted by Gasteiger charge is -2.07. The molecule has 6 nitrogen and oxygen atoms in total. The molecular weight excluding hydrogens is 256 g/mol. The normalized spacial score (nSPS) is 18.4. The van der Waals surface area contributed by atoms with Gasteiger partial charge >= 0.3 is 0 Å². The second-order valence-corrected chi connectivity index (χ2v) is 4.86. The molecule has 106 valence electrons. The fourth-order valence-electron chi connectivity index (χ4n) is 2.35. The van der Waals surface area contributed by atoms with E-state index in [0.717, 1.165) is 43.7 Å². The van der Waals surface area contributed by atoms with Gasteiger partial charge in [-0.2, -0.15) is 4.80 Å². The van der Waals surface area contributed by atoms with Gasteiger partial charge in [0.2, 0.25) is 5.82 Å². The molecule has 2 aromatic rings. The van der Waals surface area contributed by atoms with Crippen LogP contribution in [-0.4, -0.2) is 40.0 Å². The van der Waals surface area contributed by atoms with Gasteiger partial charge in [0, 0.05) is 12.2 Å². The molecule has 0 radical (unpaired) electrons. The standard InChI is InChI=1S/C14H18N4O2/c1-19-13-5-2-4-11(10-13)14-15-17-18(16-14)8-7-12-6-3-9-20-12/h2,4-5,10,12H,3,6-9H2,1H3/t12-/m0/s1. The summed E-state index contributed by atoms with van der Waals surface area (Å²) in [5, 5.41) is 12.6. The van der Waals surface area contributed by atoms with Crippen molar-refractivity contribution in [1.29, 1.82) is 0 Å². The highest BCUT2D eigenvalue weighted by molar-refractivity contribution is 5.56. The largest absolute Gasteiger partial charge is 0.497 e. The van der Waals surface area contributed by atoms with Crippen molar-refractivity contribution in [2.75, 3.05) is 13.7 Å². The molecule has 0 N–H and O–H groups in total. The van der Waals surface area contributed by atoms with Crippen LogP contribution < -0.4 is 4.74 Å². The monoisotopic (exact) mass is 274 g/mol. The van der Waals surface area contributed by atoms with Crippen molar-refractivity contribution >= 4 is 0 Å². The van der Waals surface area contributed by atoms with Gasteiger partial charge in [0.25, 0.3) is 0 Å². The summed E-state index contributed by atoms with van der Waals surface area (Å²) in [6.07, 6.45) is 3.58. The van der Waals surface area contributed by atoms with Crippen LogP contribution in [0.2, 0.25) is 0 Å². The fraction of sp³-hybridized carbons (Fsp3) is 0.500. The van der Waals surface area contributed by atoms with Crippen LogP contribution in [0.1, 0.15) is 19.3 Å². The van der Waals surface area contributed by atoms with Gasteiger partial charge in [-0.3, -0.25) is 0 Å². The smallest absolute Gasteiger partial charge is 0.205 e. The first-order valence-electron chi connectivity index (χ1n) is 6.89. The molecule has 1 aliphatic heterocycles. The Kier molecular flexibility index (Phi) is 3.92. The molecule has 0 spiro atoms. The molecule has 0 aliphatic carbocycles. The Labute approximate surface area is 117 Å². The highest BCUT2D eigenvalue weighted by Gasteiger charge is 2.16. The molecule has 0 bridgehead atoms. The quantitative estimate of drug-likeness (QED) is 0.833. The number of aromatic nitrogens is 4. The van der Waals surface area contributed by atoms with Crippen molar-refractivity contribution in [2.24, 2.45) is 0 Å². The van der Waals surface area contributed by atoms with Gasteiger partial charge in [-0.1, -0.05) is 12.1 Å². The van der Waals surface area contributed by atoms with Crippen LogP contribution in [0.3, 0.4) is 0 Å². The summed E-state index contributed by atoms with van der Waals surface area (Å²) in [6.45, 7) is 1.62. The molecule has 0 saturated carbocycles. The van der Waals surface area contributed by atoms with Crippen molar-refractivity contribution in [3.63, 3.8) is 0 Å². The molecule has 0 unspecified atom stereocenters. The van der Waals surface area contributed by atoms with Crippen molar-refractivity contribution in [1.82, 2.24) is 20.2 Å². The lowest BCUT2D eigenvalue weighted by atomic mass is 10.2. The maximum atomic E-state index is 5.59. The van der Waals surface area contributed by atoms with Crippen LogP contribution in [0.4, 0.5) is 0 Å². The number of ether oxygens (including phenoxy) is 2. The minimum Gasteiger partial charge on any atom is -0.497 e. The van der Waals surface area contributed by atoms with Crippen LogP contribution in [-0.2, 0) is 11.3 Å². The van der Waals surface area contributed by atoms with Gasteiger partial charge in [0.15, 0.2) is 0 Å². The zero-order valence-corrected chi connectivity index (χ0v) is 11.5. The topological polar surface area (TPSA) is 62.1 Å². The van der Waals surface area contributed by atoms with E-state index < -0.39 is 0 Å². The van der Waals surface area contributed by atoms with Crippen molar-refractivity contribution in [2.45, 2.75) is 31.9 Å². The second-order valence-electron chi connectivity index (χ2n) is 4.86. The number of methoxy groups -OCH3 is 1. The zero-order chi connectivity index (χ0) is 13.8. The van der Waals surface area contributed by atoms with Crippen LogP contribution in [0.15, 0.2) is 24.3 Å². The summed E-state index contributed by atoms with van der Waals surface area (Å²) in [4.78, 5) is 1.64. The molecule has 1 atom stereocenters. The third-order valence-corrected chi connectivity index (χ3v) is 3.46. The summed E-state index contributed by atoms with van der Waals surface area (Å²) in [7, 11) is 1.64. The molecule has 1 fully saturated rings. The van der Waals surface area contributed by atoms with Gasteiger partial charge in [-0.25, -0.2) is 0 Å². The number of nitrogens with zero attached hydrogens (tertiary/aromatic N) is 4. The second kappa shape index (κ2) is 6.00. The Balaban J connectivity index is 1.66. The number of hydrogen-bond donors (Lipinski definition) is 0. The summed E-state index contributed by atoms with van der Waals surface area (Å²) >= 11 is 0. The van der Waals surface area contributed by atoms with E-state index in [-0.39, 0.29) is 0 Å². The first kappa shape index (κ1) is 13.1. The van der Waals surface area contributed by atoms with E-state index in [1.807, 2.05) is 24.3 Å². The summed E-state index contributed by atoms with van der Waals surface area (Å²) in [5.41, 5.74) is 0.910. The van der Waals surface area contributed by atoms with E-state index in [9.17, 15) is 0 Å². The van der Waals surface area contributed by atoms with Crippen molar-refractivity contribution in [3.05, 3.63) is 24.3 Å². The average Bonchev–Trinajstić information content (AvgIpc) is 3.16. The third kappa shape index (κ3) is 2.96. The predicted molar refractivity (Wildman–Crippen MR) is 73.4 cm³/mol. The molecule has 1 aromatic carbocycles. The number of tetrazole rings is 1. The molecule has 0 amide bonds. The average molecular weight is 274 g/mol. The highest BCUT2D eigenvalue weighted by Crippen LogP contribution is 2.20. The molecule has 1 aliphatic rings. The number of hydrogen-bond acceptors (Lipinski definition) is 5. The van der Waals surface area contributed by atoms with Gasteiger partial charge < -0.3 is 9.47 Å². The molecule has 6 heteroatoms. The Bertz CT molecular complexity index is 564. The summed E-state index contributed by atoms with van der Waals surface area (Å²) in [5.74, 6) is 1.41. The lowest BCUT2D eigenvalue weighted by molar-refractivity contribution is 0.0981. The van der Waals surface area contributed by atoms with E-state index in [2.05, 4.69) is 15.4 Å². The Morgan fingerprint density at radius 3 is 3.20 bits per heavy atom. The first-order valence-corrected chi connectivity index (χ1v) is 6.89. The van der Waals surface area contributed by atoms with E-state index in [1.54, 1.807) is 11.9 Å². The number of benzene rings is 1. The van der Waals surface area contributed by atoms with Gasteiger partial charge in [0.05, 0.1) is 19.8 Å². The molecular formula is C14H18N4O2. The molecule has 20 heavy (non-hydrogen) atoms. The van der Waals surface area contributed by atoms with Gasteiger partial charge in [0.1, 0.15) is 5.75 Å². The molecule has 1 aromatic heterocycles. The predicted octanol–water partition coefficient (Wildman–Crippen LogP) is 1.92. The Morgan fingerprint density at radius 1 is 1.45 bits per heavy atom. The third-order valence-electron chi connectivity index (χ3n) is 3.46. The van der Waals surface area contributed by atoms with Crippen LogP contribution in [0.5, 0.6) is 5.75 Å². The summed E-state index contributed by atoms with van der Waals surface area (Å²) < 4.78 is 10.8. The van der Waals surface area contributed by atoms with E-state index in [0.29, 0.717) is 11.9 Å². The number of aryl methyl sites for hydroxylation is 1. The first-order chi connectivity index (χ1) is 9.85. The maximum Gasteiger partial charge on any atom is 0.205 e. The van der Waals surface area contributed by atoms with Gasteiger partial charge in [-0.05, 0) is 36.6 Å². The van der Waals surface area contributed by atoms with E-state index >= 15 is 0 Å². The van der Waals surface area contributed by atoms with Crippen LogP contribution in [0, 0.1) is 0 Å². The minimum atomic E-state index is 0.348. The SMILES string of the molecule is COc1cccc(-c2nnn(CC[C@@H]3CCCO3)n2)c1. The lowest BCUT2D eigenvalue weighted by Crippen LogP contribution is -2.12. The molecule has 3 rings (SSSR count). The fourth-order valence-corrected chi connectivity index (χ4v) is 2.35. The highest BCUT2D eigenvalue weighted by atomic mass is 16.5. The number of rotatable bonds is 5.